The van der Waals surface area contributed by atoms with Crippen molar-refractivity contribution in [2.75, 3.05) is 5.32 Å². The number of carbonyl (C=O) groups is 2. The number of anilines is 1. The van der Waals surface area contributed by atoms with Gasteiger partial charge in [-0.05, 0) is 30.2 Å². The van der Waals surface area contributed by atoms with E-state index in [0.717, 1.165) is 11.3 Å². The molecule has 0 unspecified atom stereocenters. The van der Waals surface area contributed by atoms with Gasteiger partial charge in [0, 0.05) is 5.56 Å². The predicted molar refractivity (Wildman–Crippen MR) is 77.5 cm³/mol. The fraction of sp³-hybridized carbons (Fsp3) is 0.214. The Morgan fingerprint density at radius 2 is 1.90 bits per heavy atom. The highest BCUT2D eigenvalue weighted by Gasteiger charge is 2.20. The van der Waals surface area contributed by atoms with E-state index in [0.29, 0.717) is 5.69 Å². The fourth-order valence-electron chi connectivity index (χ4n) is 1.70. The van der Waals surface area contributed by atoms with Crippen LogP contribution in [0.5, 0.6) is 0 Å². The average molecular weight is 308 g/mol. The lowest BCUT2D eigenvalue weighted by atomic mass is 10.1. The molecule has 0 bridgehead atoms. The van der Waals surface area contributed by atoms with Crippen molar-refractivity contribution in [3.05, 3.63) is 46.2 Å². The minimum Gasteiger partial charge on any atom is -0.477 e. The molecule has 2 N–H and O–H groups in total. The number of rotatable bonds is 4. The van der Waals surface area contributed by atoms with Gasteiger partial charge >= 0.3 is 5.97 Å². The van der Waals surface area contributed by atoms with E-state index in [9.17, 15) is 14.0 Å². The molecule has 0 saturated heterocycles. The molecule has 5 nitrogen and oxygen atoms in total. The Morgan fingerprint density at radius 1 is 1.29 bits per heavy atom. The van der Waals surface area contributed by atoms with E-state index >= 15 is 0 Å². The number of nitrogens with zero attached hydrogens (tertiary/aromatic N) is 1. The third-order valence-corrected chi connectivity index (χ3v) is 3.70. The van der Waals surface area contributed by atoms with Crippen LogP contribution in [-0.4, -0.2) is 22.0 Å². The molecular weight excluding hydrogens is 295 g/mol. The summed E-state index contributed by atoms with van der Waals surface area (Å²) in [5, 5.41) is 11.9. The molecule has 7 heteroatoms. The Labute approximate surface area is 124 Å². The number of carboxylic acids is 1. The lowest BCUT2D eigenvalue weighted by Crippen LogP contribution is -2.11. The summed E-state index contributed by atoms with van der Waals surface area (Å²) in [5.41, 5.74) is 0.705. The van der Waals surface area contributed by atoms with E-state index in [4.69, 9.17) is 5.11 Å². The molecular formula is C14H13FN2O3S. The van der Waals surface area contributed by atoms with Gasteiger partial charge in [-0.3, -0.25) is 10.1 Å². The number of thiazole rings is 1. The second-order valence-electron chi connectivity index (χ2n) is 4.65. The normalized spacial score (nSPS) is 10.7. The number of aromatic nitrogens is 1. The Kier molecular flexibility index (Phi) is 4.32. The van der Waals surface area contributed by atoms with Crippen LogP contribution in [0.4, 0.5) is 9.52 Å². The Hall–Kier alpha value is -2.28. The van der Waals surface area contributed by atoms with E-state index in [2.05, 4.69) is 10.3 Å². The quantitative estimate of drug-likeness (QED) is 0.907. The number of carbonyl (C=O) groups excluding carboxylic acids is 1. The third-order valence-electron chi connectivity index (χ3n) is 2.72. The topological polar surface area (TPSA) is 79.3 Å². The molecule has 1 heterocycles. The van der Waals surface area contributed by atoms with E-state index in [1.807, 2.05) is 13.8 Å². The second kappa shape index (κ2) is 6.01. The molecule has 110 valence electrons. The van der Waals surface area contributed by atoms with Crippen molar-refractivity contribution in [1.29, 1.82) is 0 Å². The average Bonchev–Trinajstić information content (AvgIpc) is 2.83. The zero-order valence-corrected chi connectivity index (χ0v) is 12.2. The summed E-state index contributed by atoms with van der Waals surface area (Å²) in [6, 6.07) is 5.05. The standard InChI is InChI=1S/C14H13FN2O3S/c1-7(2)10-11(13(19)20)21-14(16-10)17-12(18)8-3-5-9(15)6-4-8/h3-7H,1-2H3,(H,19,20)(H,16,17,18). The summed E-state index contributed by atoms with van der Waals surface area (Å²) in [7, 11) is 0. The predicted octanol–water partition coefficient (Wildman–Crippen LogP) is 3.36. The molecule has 0 aliphatic carbocycles. The maximum absolute atomic E-state index is 12.8. The first-order valence-corrected chi connectivity index (χ1v) is 7.01. The van der Waals surface area contributed by atoms with Crippen LogP contribution in [0, 0.1) is 5.82 Å². The van der Waals surface area contributed by atoms with Crippen LogP contribution in [-0.2, 0) is 0 Å². The molecule has 21 heavy (non-hydrogen) atoms. The highest BCUT2D eigenvalue weighted by Crippen LogP contribution is 2.28. The highest BCUT2D eigenvalue weighted by atomic mass is 32.1. The van der Waals surface area contributed by atoms with Gasteiger partial charge in [-0.2, -0.15) is 0 Å². The van der Waals surface area contributed by atoms with Crippen LogP contribution >= 0.6 is 11.3 Å². The lowest BCUT2D eigenvalue weighted by Gasteiger charge is -2.02. The summed E-state index contributed by atoms with van der Waals surface area (Å²) in [5.74, 6) is -2.03. The summed E-state index contributed by atoms with van der Waals surface area (Å²) < 4.78 is 12.8. The number of benzene rings is 1. The number of carboxylic acid groups (broad SMARTS) is 1. The van der Waals surface area contributed by atoms with E-state index < -0.39 is 17.7 Å². The first kappa shape index (κ1) is 15.1. The van der Waals surface area contributed by atoms with Crippen molar-refractivity contribution < 1.29 is 19.1 Å². The molecule has 1 aromatic carbocycles. The number of halogens is 1. The van der Waals surface area contributed by atoms with E-state index in [1.165, 1.54) is 24.3 Å². The van der Waals surface area contributed by atoms with Crippen LogP contribution in [0.3, 0.4) is 0 Å². The zero-order chi connectivity index (χ0) is 15.6. The van der Waals surface area contributed by atoms with Crippen LogP contribution < -0.4 is 5.32 Å². The molecule has 0 saturated carbocycles. The SMILES string of the molecule is CC(C)c1nc(NC(=O)c2ccc(F)cc2)sc1C(=O)O. The van der Waals surface area contributed by atoms with Crippen molar-refractivity contribution in [1.82, 2.24) is 4.98 Å². The van der Waals surface area contributed by atoms with Crippen molar-refractivity contribution in [2.24, 2.45) is 0 Å². The third kappa shape index (κ3) is 3.43. The van der Waals surface area contributed by atoms with Gasteiger partial charge in [0.15, 0.2) is 5.13 Å². The van der Waals surface area contributed by atoms with Gasteiger partial charge in [-0.1, -0.05) is 25.2 Å². The minimum atomic E-state index is -1.07. The van der Waals surface area contributed by atoms with E-state index in [1.54, 1.807) is 0 Å². The summed E-state index contributed by atoms with van der Waals surface area (Å²) in [6.45, 7) is 3.65. The lowest BCUT2D eigenvalue weighted by molar-refractivity contribution is 0.0700. The van der Waals surface area contributed by atoms with Crippen LogP contribution in [0.15, 0.2) is 24.3 Å². The van der Waals surface area contributed by atoms with Gasteiger partial charge in [0.2, 0.25) is 0 Å². The summed E-state index contributed by atoms with van der Waals surface area (Å²) in [6.07, 6.45) is 0. The summed E-state index contributed by atoms with van der Waals surface area (Å²) in [4.78, 5) is 27.4. The molecule has 0 aliphatic heterocycles. The second-order valence-corrected chi connectivity index (χ2v) is 5.65. The number of nitrogens with one attached hydrogen (secondary N) is 1. The maximum atomic E-state index is 12.8. The van der Waals surface area contributed by atoms with Gasteiger partial charge in [0.1, 0.15) is 10.7 Å². The van der Waals surface area contributed by atoms with Crippen LogP contribution in [0.2, 0.25) is 0 Å². The zero-order valence-electron chi connectivity index (χ0n) is 11.4. The Balaban J connectivity index is 2.23. The summed E-state index contributed by atoms with van der Waals surface area (Å²) >= 11 is 0.905. The van der Waals surface area contributed by atoms with Crippen LogP contribution in [0.25, 0.3) is 0 Å². The van der Waals surface area contributed by atoms with Gasteiger partial charge in [0.25, 0.3) is 5.91 Å². The Bertz CT molecular complexity index is 680. The molecule has 0 atom stereocenters. The molecule has 2 aromatic rings. The molecule has 0 aliphatic rings. The fourth-order valence-corrected chi connectivity index (χ4v) is 2.65. The number of amides is 1. The first-order chi connectivity index (χ1) is 9.88. The maximum Gasteiger partial charge on any atom is 0.347 e. The molecule has 0 radical (unpaired) electrons. The number of hydrogen-bond acceptors (Lipinski definition) is 4. The Morgan fingerprint density at radius 3 is 2.38 bits per heavy atom. The highest BCUT2D eigenvalue weighted by molar-refractivity contribution is 7.17. The number of hydrogen-bond donors (Lipinski definition) is 2. The smallest absolute Gasteiger partial charge is 0.347 e. The van der Waals surface area contributed by atoms with Crippen molar-refractivity contribution in [3.8, 4) is 0 Å². The molecule has 1 aromatic heterocycles. The molecule has 2 rings (SSSR count). The van der Waals surface area contributed by atoms with Gasteiger partial charge < -0.3 is 5.11 Å². The molecule has 0 spiro atoms. The largest absolute Gasteiger partial charge is 0.477 e. The molecule has 0 fully saturated rings. The van der Waals surface area contributed by atoms with Crippen molar-refractivity contribution >= 4 is 28.3 Å². The van der Waals surface area contributed by atoms with Crippen molar-refractivity contribution in [2.45, 2.75) is 19.8 Å². The first-order valence-electron chi connectivity index (χ1n) is 6.19. The van der Waals surface area contributed by atoms with Gasteiger partial charge in [-0.15, -0.1) is 0 Å². The van der Waals surface area contributed by atoms with Gasteiger partial charge in [0.05, 0.1) is 5.69 Å². The van der Waals surface area contributed by atoms with E-state index in [-0.39, 0.29) is 21.5 Å². The number of aromatic carboxylic acids is 1. The monoisotopic (exact) mass is 308 g/mol. The van der Waals surface area contributed by atoms with Gasteiger partial charge in [-0.25, -0.2) is 14.2 Å². The minimum absolute atomic E-state index is 0.0659. The van der Waals surface area contributed by atoms with Crippen molar-refractivity contribution in [3.63, 3.8) is 0 Å². The molecule has 1 amide bonds. The van der Waals surface area contributed by atoms with Crippen LogP contribution in [0.1, 0.15) is 45.5 Å².